The average molecular weight is 309 g/mol. The number of hydrogen-bond acceptors (Lipinski definition) is 3. The summed E-state index contributed by atoms with van der Waals surface area (Å²) in [5.74, 6) is -0.645. The third-order valence-corrected chi connectivity index (χ3v) is 2.57. The molecule has 0 spiro atoms. The molecule has 0 aliphatic carbocycles. The number of nitrogens with zero attached hydrogens (tertiary/aromatic N) is 1. The Labute approximate surface area is 113 Å². The van der Waals surface area contributed by atoms with Gasteiger partial charge in [0.1, 0.15) is 11.4 Å². The molecule has 0 radical (unpaired) electrons. The number of para-hydroxylation sites is 1. The molecule has 2 aromatic rings. The third kappa shape index (κ3) is 2.91. The minimum Gasteiger partial charge on any atom is -0.428 e. The van der Waals surface area contributed by atoms with Crippen LogP contribution in [0.4, 0.5) is 26.3 Å². The highest BCUT2D eigenvalue weighted by atomic mass is 19.4. The van der Waals surface area contributed by atoms with Crippen LogP contribution in [-0.2, 0) is 17.1 Å². The van der Waals surface area contributed by atoms with Crippen molar-refractivity contribution in [2.45, 2.75) is 12.4 Å². The van der Waals surface area contributed by atoms with Gasteiger partial charge in [0.05, 0.1) is 11.1 Å². The largest absolute Gasteiger partial charge is 0.433 e. The standard InChI is InChI=1S/C12H5F6NO2/c13-11(14,15)7-3-1-2-6-8(21-5-20)4-9(12(16,17)18)19-10(6)7/h1-5H. The first-order valence-corrected chi connectivity index (χ1v) is 5.33. The molecule has 1 aromatic carbocycles. The lowest BCUT2D eigenvalue weighted by Gasteiger charge is -2.14. The van der Waals surface area contributed by atoms with Crippen LogP contribution in [-0.4, -0.2) is 11.5 Å². The van der Waals surface area contributed by atoms with Gasteiger partial charge in [-0.25, -0.2) is 4.98 Å². The second kappa shape index (κ2) is 4.90. The molecule has 0 N–H and O–H groups in total. The number of benzene rings is 1. The van der Waals surface area contributed by atoms with Crippen molar-refractivity contribution in [1.82, 2.24) is 4.98 Å². The van der Waals surface area contributed by atoms with Gasteiger partial charge in [-0.3, -0.25) is 4.79 Å². The highest BCUT2D eigenvalue weighted by Gasteiger charge is 2.37. The van der Waals surface area contributed by atoms with Crippen molar-refractivity contribution >= 4 is 17.4 Å². The summed E-state index contributed by atoms with van der Waals surface area (Å²) in [6.45, 7) is -0.171. The molecule has 0 amide bonds. The zero-order valence-electron chi connectivity index (χ0n) is 9.92. The van der Waals surface area contributed by atoms with Crippen LogP contribution in [0.3, 0.4) is 0 Å². The third-order valence-electron chi connectivity index (χ3n) is 2.57. The van der Waals surface area contributed by atoms with Crippen LogP contribution in [0.25, 0.3) is 10.9 Å². The van der Waals surface area contributed by atoms with Crippen LogP contribution in [0.2, 0.25) is 0 Å². The number of carbonyl (C=O) groups is 1. The van der Waals surface area contributed by atoms with E-state index in [1.54, 1.807) is 0 Å². The number of halogens is 6. The molecule has 1 heterocycles. The number of aromatic nitrogens is 1. The van der Waals surface area contributed by atoms with Crippen LogP contribution < -0.4 is 4.74 Å². The first-order valence-electron chi connectivity index (χ1n) is 5.33. The van der Waals surface area contributed by atoms with E-state index >= 15 is 0 Å². The van der Waals surface area contributed by atoms with Gasteiger partial charge >= 0.3 is 12.4 Å². The Morgan fingerprint density at radius 3 is 2.24 bits per heavy atom. The second-order valence-electron chi connectivity index (χ2n) is 3.92. The molecule has 9 heteroatoms. The lowest BCUT2D eigenvalue weighted by molar-refractivity contribution is -0.142. The van der Waals surface area contributed by atoms with E-state index in [1.807, 2.05) is 0 Å². The molecule has 0 saturated heterocycles. The number of rotatable bonds is 2. The first-order chi connectivity index (χ1) is 9.64. The molecule has 0 bridgehead atoms. The molecule has 0 aliphatic rings. The lowest BCUT2D eigenvalue weighted by Crippen LogP contribution is -2.12. The van der Waals surface area contributed by atoms with Crippen LogP contribution in [0, 0.1) is 0 Å². The Morgan fingerprint density at radius 1 is 1.05 bits per heavy atom. The maximum absolute atomic E-state index is 12.8. The summed E-state index contributed by atoms with van der Waals surface area (Å²) in [4.78, 5) is 13.3. The Hall–Kier alpha value is -2.32. The molecule has 0 aliphatic heterocycles. The zero-order chi connectivity index (χ0) is 15.8. The van der Waals surface area contributed by atoms with Crippen LogP contribution in [0.1, 0.15) is 11.3 Å². The van der Waals surface area contributed by atoms with Crippen molar-refractivity contribution in [1.29, 1.82) is 0 Å². The minimum atomic E-state index is -4.98. The quantitative estimate of drug-likeness (QED) is 0.625. The maximum atomic E-state index is 12.8. The van der Waals surface area contributed by atoms with Crippen molar-refractivity contribution < 1.29 is 35.9 Å². The van der Waals surface area contributed by atoms with Crippen molar-refractivity contribution in [2.75, 3.05) is 0 Å². The van der Waals surface area contributed by atoms with E-state index in [-0.39, 0.29) is 11.9 Å². The molecule has 0 fully saturated rings. The first kappa shape index (κ1) is 15.1. The van der Waals surface area contributed by atoms with Gasteiger partial charge in [-0.2, -0.15) is 26.3 Å². The Kier molecular flexibility index (Phi) is 3.52. The van der Waals surface area contributed by atoms with E-state index in [9.17, 15) is 31.1 Å². The number of pyridine rings is 1. The fraction of sp³-hybridized carbons (Fsp3) is 0.167. The fourth-order valence-corrected chi connectivity index (χ4v) is 1.74. The predicted molar refractivity (Wildman–Crippen MR) is 58.4 cm³/mol. The lowest BCUT2D eigenvalue weighted by atomic mass is 10.1. The molecule has 2 rings (SSSR count). The molecule has 0 unspecified atom stereocenters. The van der Waals surface area contributed by atoms with E-state index in [4.69, 9.17) is 0 Å². The van der Waals surface area contributed by atoms with Gasteiger partial charge in [-0.1, -0.05) is 6.07 Å². The summed E-state index contributed by atoms with van der Waals surface area (Å²) >= 11 is 0. The molecule has 0 atom stereocenters. The number of alkyl halides is 6. The SMILES string of the molecule is O=COc1cc(C(F)(F)F)nc2c(C(F)(F)F)cccc12. The van der Waals surface area contributed by atoms with E-state index in [0.717, 1.165) is 12.1 Å². The molecular weight excluding hydrogens is 304 g/mol. The van der Waals surface area contributed by atoms with Gasteiger partial charge in [0.15, 0.2) is 0 Å². The van der Waals surface area contributed by atoms with E-state index in [2.05, 4.69) is 9.72 Å². The Bertz CT molecular complexity index is 692. The smallest absolute Gasteiger partial charge is 0.428 e. The second-order valence-corrected chi connectivity index (χ2v) is 3.92. The van der Waals surface area contributed by atoms with Crippen LogP contribution >= 0.6 is 0 Å². The summed E-state index contributed by atoms with van der Waals surface area (Å²) in [5.41, 5.74) is -3.86. The van der Waals surface area contributed by atoms with Gasteiger partial charge in [0.25, 0.3) is 6.47 Å². The van der Waals surface area contributed by atoms with Crippen molar-refractivity contribution in [2.24, 2.45) is 0 Å². The topological polar surface area (TPSA) is 39.2 Å². The van der Waals surface area contributed by atoms with E-state index in [1.165, 1.54) is 0 Å². The summed E-state index contributed by atoms with van der Waals surface area (Å²) in [6, 6.07) is 3.03. The van der Waals surface area contributed by atoms with Crippen molar-refractivity contribution in [3.63, 3.8) is 0 Å². The number of carbonyl (C=O) groups excluding carboxylic acids is 1. The Balaban J connectivity index is 2.86. The average Bonchev–Trinajstić information content (AvgIpc) is 2.36. The highest BCUT2D eigenvalue weighted by Crippen LogP contribution is 2.39. The van der Waals surface area contributed by atoms with Gasteiger partial charge in [0.2, 0.25) is 0 Å². The van der Waals surface area contributed by atoms with Crippen molar-refractivity contribution in [3.05, 3.63) is 35.5 Å². The summed E-state index contributed by atoms with van der Waals surface area (Å²) in [5, 5.41) is -0.343. The van der Waals surface area contributed by atoms with Crippen molar-refractivity contribution in [3.8, 4) is 5.75 Å². The molecule has 1 aromatic heterocycles. The van der Waals surface area contributed by atoms with Gasteiger partial charge in [0, 0.05) is 11.5 Å². The maximum Gasteiger partial charge on any atom is 0.433 e. The van der Waals surface area contributed by atoms with Crippen LogP contribution in [0.15, 0.2) is 24.3 Å². The molecule has 112 valence electrons. The predicted octanol–water partition coefficient (Wildman–Crippen LogP) is 3.81. The fourth-order valence-electron chi connectivity index (χ4n) is 1.74. The van der Waals surface area contributed by atoms with Gasteiger partial charge in [-0.15, -0.1) is 0 Å². The summed E-state index contributed by atoms with van der Waals surface area (Å²) in [7, 11) is 0. The van der Waals surface area contributed by atoms with E-state index in [0.29, 0.717) is 12.1 Å². The van der Waals surface area contributed by atoms with E-state index < -0.39 is 34.9 Å². The minimum absolute atomic E-state index is 0.171. The Morgan fingerprint density at radius 2 is 1.71 bits per heavy atom. The molecular formula is C12H5F6NO2. The molecule has 21 heavy (non-hydrogen) atoms. The molecule has 0 saturated carbocycles. The highest BCUT2D eigenvalue weighted by molar-refractivity contribution is 5.89. The normalized spacial score (nSPS) is 12.5. The van der Waals surface area contributed by atoms with Gasteiger partial charge < -0.3 is 4.74 Å². The van der Waals surface area contributed by atoms with Gasteiger partial charge in [-0.05, 0) is 12.1 Å². The number of ether oxygens (including phenoxy) is 1. The number of hydrogen-bond donors (Lipinski definition) is 0. The summed E-state index contributed by atoms with van der Waals surface area (Å²) < 4.78 is 80.9. The summed E-state index contributed by atoms with van der Waals surface area (Å²) in [6.07, 6.45) is -9.87. The molecule has 3 nitrogen and oxygen atoms in total. The zero-order valence-corrected chi connectivity index (χ0v) is 9.92. The monoisotopic (exact) mass is 309 g/mol. The number of fused-ring (bicyclic) bond motifs is 1. The van der Waals surface area contributed by atoms with Crippen LogP contribution in [0.5, 0.6) is 5.75 Å².